The molecule has 6 N–H and O–H groups in total. The summed E-state index contributed by atoms with van der Waals surface area (Å²) in [6, 6.07) is 8.74. The van der Waals surface area contributed by atoms with E-state index >= 15 is 17.6 Å². The molecule has 338 valence electrons. The van der Waals surface area contributed by atoms with Crippen LogP contribution in [0, 0.1) is 23.1 Å². The topological polar surface area (TPSA) is 204 Å². The number of rotatable bonds is 11. The van der Waals surface area contributed by atoms with Crippen LogP contribution >= 0.6 is 11.3 Å². The smallest absolute Gasteiger partial charge is 0.420 e. The number of pyridine rings is 1. The molecule has 20 heteroatoms. The van der Waals surface area contributed by atoms with Crippen molar-refractivity contribution in [1.29, 1.82) is 5.26 Å². The second kappa shape index (κ2) is 21.0. The standard InChI is InChI=1S/C29H21F4N7O3S.C8H16FN.C6H13NO2/c1-13(14-6-4-8-36-25(14)35)40-9-10-43-24-20-23(38-28(42-2)39-26(20)40)22(30)19(21(24)29(31,32)33)15-5-3-7-17-18(15)16(11-34)27(44-17)37-12-41;1-2-7(9)6-8-4-3-5-10-8;1-4(2)5(7)6(8)9-3/h3-8,12-13H,9-10H2,1-2H3,(H2,35,36)(H,37,41);7-8,10H,2-6H2,1H3;4-5H,7H2,1-3H3. The maximum absolute atomic E-state index is 16.8. The Balaban J connectivity index is 0.000000326. The van der Waals surface area contributed by atoms with E-state index in [4.69, 9.17) is 20.9 Å². The highest BCUT2D eigenvalue weighted by atomic mass is 32.1. The Hall–Kier alpha value is -5.91. The van der Waals surface area contributed by atoms with Crippen LogP contribution in [0.25, 0.3) is 32.1 Å². The molecule has 14 nitrogen and oxygen atoms in total. The van der Waals surface area contributed by atoms with Gasteiger partial charge in [0.1, 0.15) is 58.4 Å². The van der Waals surface area contributed by atoms with Crippen molar-refractivity contribution in [3.63, 3.8) is 0 Å². The van der Waals surface area contributed by atoms with Crippen molar-refractivity contribution in [2.75, 3.05) is 49.9 Å². The number of alkyl halides is 4. The number of esters is 1. The van der Waals surface area contributed by atoms with E-state index in [1.807, 2.05) is 26.8 Å². The van der Waals surface area contributed by atoms with Crippen molar-refractivity contribution < 1.29 is 45.8 Å². The van der Waals surface area contributed by atoms with Gasteiger partial charge in [-0.15, -0.1) is 11.3 Å². The van der Waals surface area contributed by atoms with Gasteiger partial charge in [0, 0.05) is 33.5 Å². The number of ether oxygens (including phenoxy) is 3. The number of nitrogen functional groups attached to an aromatic ring is 1. The van der Waals surface area contributed by atoms with Crippen LogP contribution in [0.4, 0.5) is 38.6 Å². The summed E-state index contributed by atoms with van der Waals surface area (Å²) in [4.78, 5) is 36.1. The second-order valence-electron chi connectivity index (χ2n) is 15.0. The molecule has 1 amide bonds. The average Bonchev–Trinajstić information content (AvgIpc) is 3.87. The molecule has 5 heterocycles. The lowest BCUT2D eigenvalue weighted by molar-refractivity contribution is -0.143. The zero-order valence-electron chi connectivity index (χ0n) is 35.6. The Morgan fingerprint density at radius 2 is 1.94 bits per heavy atom. The molecule has 0 bridgehead atoms. The molecule has 4 atom stereocenters. The van der Waals surface area contributed by atoms with Gasteiger partial charge in [0.2, 0.25) is 6.41 Å². The van der Waals surface area contributed by atoms with E-state index < -0.39 is 52.6 Å². The number of carbonyl (C=O) groups is 2. The third-order valence-corrected chi connectivity index (χ3v) is 11.8. The molecule has 0 aliphatic carbocycles. The molecule has 4 unspecified atom stereocenters. The number of nitrogens with zero attached hydrogens (tertiary/aromatic N) is 5. The van der Waals surface area contributed by atoms with E-state index in [1.54, 1.807) is 30.0 Å². The highest BCUT2D eigenvalue weighted by Crippen LogP contribution is 2.53. The van der Waals surface area contributed by atoms with Gasteiger partial charge in [-0.3, -0.25) is 9.59 Å². The number of hydrogen-bond acceptors (Lipinski definition) is 14. The Morgan fingerprint density at radius 1 is 1.19 bits per heavy atom. The maximum Gasteiger partial charge on any atom is 0.420 e. The van der Waals surface area contributed by atoms with Crippen molar-refractivity contribution in [2.45, 2.75) is 83.9 Å². The number of nitrogens with one attached hydrogen (secondary N) is 2. The van der Waals surface area contributed by atoms with Crippen LogP contribution in [-0.4, -0.2) is 79.5 Å². The monoisotopic (exact) mass is 899 g/mol. The number of thiophene rings is 1. The molecule has 0 radical (unpaired) electrons. The summed E-state index contributed by atoms with van der Waals surface area (Å²) in [6.07, 6.45) is -0.0814. The van der Waals surface area contributed by atoms with Crippen molar-refractivity contribution in [3.05, 3.63) is 59.0 Å². The van der Waals surface area contributed by atoms with Gasteiger partial charge in [0.05, 0.1) is 37.8 Å². The quantitative estimate of drug-likeness (QED) is 0.0563. The number of hydrogen-bond donors (Lipinski definition) is 4. The lowest BCUT2D eigenvalue weighted by Gasteiger charge is -2.30. The number of nitrogens with two attached hydrogens (primary N) is 2. The normalized spacial score (nSPS) is 16.1. The predicted octanol–water partition coefficient (Wildman–Crippen LogP) is 8.07. The Morgan fingerprint density at radius 3 is 2.51 bits per heavy atom. The van der Waals surface area contributed by atoms with Crippen molar-refractivity contribution in [3.8, 4) is 29.0 Å². The molecule has 3 aromatic heterocycles. The van der Waals surface area contributed by atoms with Gasteiger partial charge in [-0.05, 0) is 62.8 Å². The van der Waals surface area contributed by atoms with Crippen LogP contribution in [0.15, 0.2) is 36.5 Å². The molecule has 0 saturated carbocycles. The summed E-state index contributed by atoms with van der Waals surface area (Å²) in [7, 11) is 2.59. The van der Waals surface area contributed by atoms with Crippen molar-refractivity contribution in [2.24, 2.45) is 11.7 Å². The predicted molar refractivity (Wildman–Crippen MR) is 232 cm³/mol. The molecule has 2 aliphatic rings. The van der Waals surface area contributed by atoms with E-state index in [9.17, 15) is 19.2 Å². The number of fused-ring (bicyclic) bond motifs is 1. The number of carbonyl (C=O) groups excluding carboxylic acids is 2. The first kappa shape index (κ1) is 48.1. The maximum atomic E-state index is 16.8. The SMILES string of the molecule is CCC(F)CC1CCCN1.COC(=O)C(N)C(C)C.COc1nc2c3c(c(C(F)(F)F)c(-c4cccc5sc(NC=O)c(C#N)c45)c(F)c3n1)OCCN2C(C)c1cccnc1N. The molecule has 7 rings (SSSR count). The third kappa shape index (κ3) is 10.5. The van der Waals surface area contributed by atoms with Gasteiger partial charge in [0.15, 0.2) is 5.82 Å². The summed E-state index contributed by atoms with van der Waals surface area (Å²) >= 11 is 0.973. The third-order valence-electron chi connectivity index (χ3n) is 10.7. The van der Waals surface area contributed by atoms with Gasteiger partial charge in [-0.1, -0.05) is 39.0 Å². The summed E-state index contributed by atoms with van der Waals surface area (Å²) in [6.45, 7) is 8.32. The number of aromatic nitrogens is 3. The first-order chi connectivity index (χ1) is 30.0. The summed E-state index contributed by atoms with van der Waals surface area (Å²) in [5.74, 6) is -2.00. The van der Waals surface area contributed by atoms with Crippen LogP contribution < -0.4 is 36.5 Å². The molecule has 2 aliphatic heterocycles. The van der Waals surface area contributed by atoms with Gasteiger partial charge in [-0.2, -0.15) is 28.4 Å². The fraction of sp³-hybridized carbons (Fsp3) is 0.442. The zero-order chi connectivity index (χ0) is 46.2. The minimum Gasteiger partial charge on any atom is -0.490 e. The molecular weight excluding hydrogens is 850 g/mol. The summed E-state index contributed by atoms with van der Waals surface area (Å²) in [5.41, 5.74) is 9.03. The molecule has 2 aromatic carbocycles. The van der Waals surface area contributed by atoms with E-state index in [-0.39, 0.29) is 69.6 Å². The highest BCUT2D eigenvalue weighted by Gasteiger charge is 2.44. The number of benzene rings is 2. The molecular formula is C43H50F5N9O5S. The lowest BCUT2D eigenvalue weighted by Crippen LogP contribution is -2.36. The average molecular weight is 900 g/mol. The molecule has 63 heavy (non-hydrogen) atoms. The number of halogens is 5. The first-order valence-electron chi connectivity index (χ1n) is 20.2. The van der Waals surface area contributed by atoms with Crippen molar-refractivity contribution >= 4 is 61.3 Å². The largest absolute Gasteiger partial charge is 0.490 e. The highest BCUT2D eigenvalue weighted by molar-refractivity contribution is 7.23. The number of methoxy groups -OCH3 is 2. The number of amides is 1. The van der Waals surface area contributed by atoms with E-state index in [0.717, 1.165) is 24.3 Å². The fourth-order valence-corrected chi connectivity index (χ4v) is 8.41. The first-order valence-corrected chi connectivity index (χ1v) is 21.0. The Kier molecular flexibility index (Phi) is 16.0. The second-order valence-corrected chi connectivity index (χ2v) is 16.1. The number of anilines is 3. The molecule has 1 fully saturated rings. The van der Waals surface area contributed by atoms with Gasteiger partial charge >= 0.3 is 18.2 Å². The van der Waals surface area contributed by atoms with Crippen LogP contribution in [0.5, 0.6) is 11.8 Å². The number of nitriles is 1. The Labute approximate surface area is 365 Å². The van der Waals surface area contributed by atoms with Crippen LogP contribution in [0.2, 0.25) is 0 Å². The van der Waals surface area contributed by atoms with E-state index in [0.29, 0.717) is 29.1 Å². The van der Waals surface area contributed by atoms with Crippen LogP contribution in [0.3, 0.4) is 0 Å². The van der Waals surface area contributed by atoms with E-state index in [1.165, 1.54) is 45.4 Å². The van der Waals surface area contributed by atoms with Gasteiger partial charge in [0.25, 0.3) is 0 Å². The summed E-state index contributed by atoms with van der Waals surface area (Å²) < 4.78 is 90.8. The Bertz CT molecular complexity index is 2460. The minimum atomic E-state index is -5.12. The van der Waals surface area contributed by atoms with Gasteiger partial charge in [-0.25, -0.2) is 13.8 Å². The van der Waals surface area contributed by atoms with E-state index in [2.05, 4.69) is 30.3 Å². The molecule has 1 saturated heterocycles. The minimum absolute atomic E-state index is 0.0393. The zero-order valence-corrected chi connectivity index (χ0v) is 36.4. The summed E-state index contributed by atoms with van der Waals surface area (Å²) in [5, 5.41) is 15.5. The van der Waals surface area contributed by atoms with Crippen molar-refractivity contribution in [1.82, 2.24) is 20.3 Å². The lowest BCUT2D eigenvalue weighted by atomic mass is 9.91. The van der Waals surface area contributed by atoms with Gasteiger partial charge < -0.3 is 41.2 Å². The van der Waals surface area contributed by atoms with Crippen LogP contribution in [-0.2, 0) is 20.5 Å². The molecule has 0 spiro atoms. The van der Waals surface area contributed by atoms with Crippen LogP contribution in [0.1, 0.15) is 76.1 Å². The molecule has 5 aromatic rings. The fourth-order valence-electron chi connectivity index (χ4n) is 7.37.